The lowest BCUT2D eigenvalue weighted by atomic mass is 10.1. The minimum Gasteiger partial charge on any atom is -0.279 e. The summed E-state index contributed by atoms with van der Waals surface area (Å²) in [7, 11) is 0. The zero-order valence-electron chi connectivity index (χ0n) is 15.5. The molecular weight excluding hydrogens is 361 g/mol. The summed E-state index contributed by atoms with van der Waals surface area (Å²) in [6, 6.07) is 9.67. The molecule has 3 aromatic rings. The number of rotatable bonds is 2. The zero-order valence-corrected chi connectivity index (χ0v) is 15.5. The number of amides is 2. The SMILES string of the molecule is CC(=O)N1CCN(C(C)=O)n2c1nc(-c1cccc(F)c1)c2-c1ccncc1. The van der Waals surface area contributed by atoms with Crippen molar-refractivity contribution in [1.82, 2.24) is 14.6 Å². The Kier molecular flexibility index (Phi) is 4.38. The molecule has 28 heavy (non-hydrogen) atoms. The quantitative estimate of drug-likeness (QED) is 0.686. The van der Waals surface area contributed by atoms with Crippen LogP contribution in [0.1, 0.15) is 13.8 Å². The summed E-state index contributed by atoms with van der Waals surface area (Å²) in [6.45, 7) is 3.59. The second-order valence-electron chi connectivity index (χ2n) is 6.48. The predicted octanol–water partition coefficient (Wildman–Crippen LogP) is 2.60. The highest BCUT2D eigenvalue weighted by Gasteiger charge is 2.33. The molecule has 0 unspecified atom stereocenters. The Hall–Kier alpha value is -3.55. The Morgan fingerprint density at radius 1 is 1.00 bits per heavy atom. The number of benzene rings is 1. The molecule has 0 fully saturated rings. The van der Waals surface area contributed by atoms with Gasteiger partial charge in [-0.15, -0.1) is 0 Å². The van der Waals surface area contributed by atoms with Gasteiger partial charge in [0.1, 0.15) is 17.2 Å². The van der Waals surface area contributed by atoms with E-state index in [-0.39, 0.29) is 11.8 Å². The van der Waals surface area contributed by atoms with Crippen molar-refractivity contribution in [1.29, 1.82) is 0 Å². The third-order valence-electron chi connectivity index (χ3n) is 4.65. The average molecular weight is 379 g/mol. The summed E-state index contributed by atoms with van der Waals surface area (Å²) >= 11 is 0. The fourth-order valence-corrected chi connectivity index (χ4v) is 3.40. The highest BCUT2D eigenvalue weighted by Crippen LogP contribution is 2.37. The first-order valence-corrected chi connectivity index (χ1v) is 8.83. The lowest BCUT2D eigenvalue weighted by Gasteiger charge is -2.35. The van der Waals surface area contributed by atoms with Crippen molar-refractivity contribution in [2.24, 2.45) is 0 Å². The molecule has 0 N–H and O–H groups in total. The Labute approximate surface area is 161 Å². The smallest absolute Gasteiger partial charge is 0.238 e. The van der Waals surface area contributed by atoms with Crippen LogP contribution in [0.3, 0.4) is 0 Å². The van der Waals surface area contributed by atoms with Crippen molar-refractivity contribution < 1.29 is 14.0 Å². The summed E-state index contributed by atoms with van der Waals surface area (Å²) in [5.74, 6) is -0.416. The molecule has 0 bridgehead atoms. The van der Waals surface area contributed by atoms with E-state index in [1.165, 1.54) is 30.9 Å². The van der Waals surface area contributed by atoms with Gasteiger partial charge in [0.05, 0.1) is 6.54 Å². The Balaban J connectivity index is 2.06. The van der Waals surface area contributed by atoms with Crippen LogP contribution < -0.4 is 9.91 Å². The highest BCUT2D eigenvalue weighted by atomic mass is 19.1. The van der Waals surface area contributed by atoms with Crippen molar-refractivity contribution in [3.8, 4) is 22.5 Å². The van der Waals surface area contributed by atoms with Crippen molar-refractivity contribution in [3.63, 3.8) is 0 Å². The van der Waals surface area contributed by atoms with E-state index in [9.17, 15) is 14.0 Å². The molecular formula is C20H18FN5O2. The summed E-state index contributed by atoms with van der Waals surface area (Å²) in [4.78, 5) is 34.7. The number of aromatic nitrogens is 3. The van der Waals surface area contributed by atoms with E-state index in [4.69, 9.17) is 0 Å². The molecule has 0 saturated heterocycles. The van der Waals surface area contributed by atoms with Gasteiger partial charge in [-0.2, -0.15) is 0 Å². The first-order valence-electron chi connectivity index (χ1n) is 8.83. The van der Waals surface area contributed by atoms with Crippen LogP contribution in [0, 0.1) is 5.82 Å². The molecule has 0 aliphatic carbocycles. The summed E-state index contributed by atoms with van der Waals surface area (Å²) < 4.78 is 15.5. The van der Waals surface area contributed by atoms with Gasteiger partial charge in [0, 0.05) is 43.9 Å². The molecule has 0 atom stereocenters. The maximum atomic E-state index is 13.9. The number of nitrogens with zero attached hydrogens (tertiary/aromatic N) is 5. The van der Waals surface area contributed by atoms with Gasteiger partial charge in [0.25, 0.3) is 0 Å². The van der Waals surface area contributed by atoms with E-state index in [1.807, 2.05) is 0 Å². The number of pyridine rings is 1. The monoisotopic (exact) mass is 379 g/mol. The number of hydrogen-bond acceptors (Lipinski definition) is 4. The molecule has 4 rings (SSSR count). The molecule has 1 aliphatic rings. The van der Waals surface area contributed by atoms with Gasteiger partial charge in [-0.3, -0.25) is 19.5 Å². The number of halogens is 1. The van der Waals surface area contributed by atoms with E-state index in [0.29, 0.717) is 36.0 Å². The maximum absolute atomic E-state index is 13.9. The van der Waals surface area contributed by atoms with Crippen LogP contribution in [-0.2, 0) is 9.59 Å². The van der Waals surface area contributed by atoms with E-state index in [2.05, 4.69) is 9.97 Å². The standard InChI is InChI=1S/C20H18FN5O2/c1-13(27)24-10-11-25(14(2)28)26-19(15-6-8-22-9-7-15)18(23-20(24)26)16-4-3-5-17(21)12-16/h3-9,12H,10-11H2,1-2H3. The van der Waals surface area contributed by atoms with Gasteiger partial charge in [0.15, 0.2) is 0 Å². The van der Waals surface area contributed by atoms with Crippen LogP contribution in [0.15, 0.2) is 48.8 Å². The van der Waals surface area contributed by atoms with E-state index in [0.717, 1.165) is 5.56 Å². The van der Waals surface area contributed by atoms with Crippen LogP contribution in [0.25, 0.3) is 22.5 Å². The summed E-state index contributed by atoms with van der Waals surface area (Å²) in [5.41, 5.74) is 2.40. The van der Waals surface area contributed by atoms with Crippen molar-refractivity contribution >= 4 is 17.8 Å². The van der Waals surface area contributed by atoms with Gasteiger partial charge in [-0.25, -0.2) is 19.1 Å². The molecule has 7 nitrogen and oxygen atoms in total. The van der Waals surface area contributed by atoms with Gasteiger partial charge >= 0.3 is 0 Å². The number of fused-ring (bicyclic) bond motifs is 1. The number of imidazole rings is 1. The van der Waals surface area contributed by atoms with Crippen LogP contribution in [-0.4, -0.2) is 39.5 Å². The lowest BCUT2D eigenvalue weighted by Crippen LogP contribution is -2.52. The Morgan fingerprint density at radius 2 is 1.75 bits per heavy atom. The van der Waals surface area contributed by atoms with Crippen LogP contribution >= 0.6 is 0 Å². The van der Waals surface area contributed by atoms with E-state index >= 15 is 0 Å². The van der Waals surface area contributed by atoms with Crippen LogP contribution in [0.5, 0.6) is 0 Å². The minimum atomic E-state index is -0.393. The van der Waals surface area contributed by atoms with Crippen molar-refractivity contribution in [2.75, 3.05) is 23.0 Å². The zero-order chi connectivity index (χ0) is 19.8. The Morgan fingerprint density at radius 3 is 2.39 bits per heavy atom. The van der Waals surface area contributed by atoms with Gasteiger partial charge in [-0.1, -0.05) is 12.1 Å². The summed E-state index contributed by atoms with van der Waals surface area (Å²) in [6.07, 6.45) is 3.27. The van der Waals surface area contributed by atoms with Gasteiger partial charge in [-0.05, 0) is 24.3 Å². The third-order valence-corrected chi connectivity index (χ3v) is 4.65. The first kappa shape index (κ1) is 17.8. The molecule has 0 saturated carbocycles. The highest BCUT2D eigenvalue weighted by molar-refractivity contribution is 5.95. The molecule has 1 aliphatic heterocycles. The second kappa shape index (κ2) is 6.88. The number of anilines is 1. The van der Waals surface area contributed by atoms with Gasteiger partial charge < -0.3 is 0 Å². The van der Waals surface area contributed by atoms with E-state index < -0.39 is 5.82 Å². The number of carbonyl (C=O) groups excluding carboxylic acids is 2. The molecule has 2 aromatic heterocycles. The summed E-state index contributed by atoms with van der Waals surface area (Å²) in [5, 5.41) is 1.54. The predicted molar refractivity (Wildman–Crippen MR) is 103 cm³/mol. The molecule has 0 radical (unpaired) electrons. The molecule has 142 valence electrons. The van der Waals surface area contributed by atoms with Crippen LogP contribution in [0.2, 0.25) is 0 Å². The molecule has 0 spiro atoms. The average Bonchev–Trinajstić information content (AvgIpc) is 3.08. The van der Waals surface area contributed by atoms with Gasteiger partial charge in [0.2, 0.25) is 17.8 Å². The number of hydrogen-bond donors (Lipinski definition) is 0. The second-order valence-corrected chi connectivity index (χ2v) is 6.48. The van der Waals surface area contributed by atoms with Crippen LogP contribution in [0.4, 0.5) is 10.3 Å². The lowest BCUT2D eigenvalue weighted by molar-refractivity contribution is -0.119. The molecule has 3 heterocycles. The molecule has 2 amide bonds. The van der Waals surface area contributed by atoms with E-state index in [1.54, 1.807) is 46.3 Å². The minimum absolute atomic E-state index is 0.178. The fourth-order valence-electron chi connectivity index (χ4n) is 3.40. The molecule has 1 aromatic carbocycles. The largest absolute Gasteiger partial charge is 0.279 e. The number of carbonyl (C=O) groups is 2. The normalized spacial score (nSPS) is 13.4. The maximum Gasteiger partial charge on any atom is 0.238 e. The fraction of sp³-hybridized carbons (Fsp3) is 0.200. The topological polar surface area (TPSA) is 71.3 Å². The third kappa shape index (κ3) is 2.92. The van der Waals surface area contributed by atoms with Crippen molar-refractivity contribution in [3.05, 3.63) is 54.6 Å². The first-order chi connectivity index (χ1) is 13.5. The Bertz CT molecular complexity index is 1060. The molecule has 8 heteroatoms. The van der Waals surface area contributed by atoms with Crippen molar-refractivity contribution in [2.45, 2.75) is 13.8 Å².